The van der Waals surface area contributed by atoms with Gasteiger partial charge in [0.25, 0.3) is 5.91 Å². The Kier molecular flexibility index (Phi) is 5.40. The molecular formula is C20H23N3OS2. The topological polar surface area (TPSA) is 56.1 Å². The van der Waals surface area contributed by atoms with Crippen LogP contribution >= 0.6 is 24.0 Å². The summed E-state index contributed by atoms with van der Waals surface area (Å²) >= 11 is 6.49. The van der Waals surface area contributed by atoms with Crippen molar-refractivity contribution in [3.63, 3.8) is 0 Å². The van der Waals surface area contributed by atoms with Crippen molar-refractivity contribution >= 4 is 39.9 Å². The smallest absolute Gasteiger partial charge is 0.265 e. The lowest BCUT2D eigenvalue weighted by Gasteiger charge is -2.32. The lowest BCUT2D eigenvalue weighted by atomic mass is 9.85. The van der Waals surface area contributed by atoms with Crippen LogP contribution < -0.4 is 5.32 Å². The van der Waals surface area contributed by atoms with E-state index in [1.54, 1.807) is 0 Å². The van der Waals surface area contributed by atoms with Crippen LogP contribution in [0, 0.1) is 11.3 Å². The number of amides is 1. The van der Waals surface area contributed by atoms with Gasteiger partial charge in [0.05, 0.1) is 17.3 Å². The minimum Gasteiger partial charge on any atom is -0.370 e. The van der Waals surface area contributed by atoms with E-state index in [0.717, 1.165) is 42.8 Å². The van der Waals surface area contributed by atoms with E-state index >= 15 is 0 Å². The number of nitriles is 1. The molecule has 4 nitrogen and oxygen atoms in total. The fourth-order valence-corrected chi connectivity index (χ4v) is 4.48. The van der Waals surface area contributed by atoms with Crippen LogP contribution in [-0.4, -0.2) is 28.2 Å². The van der Waals surface area contributed by atoms with Gasteiger partial charge >= 0.3 is 0 Å². The molecule has 2 aliphatic heterocycles. The van der Waals surface area contributed by atoms with Gasteiger partial charge in [-0.1, -0.05) is 56.9 Å². The summed E-state index contributed by atoms with van der Waals surface area (Å²) in [6.07, 6.45) is 3.38. The summed E-state index contributed by atoms with van der Waals surface area (Å²) in [7, 11) is 0. The molecule has 1 amide bonds. The predicted molar refractivity (Wildman–Crippen MR) is 111 cm³/mol. The maximum absolute atomic E-state index is 12.5. The third-order valence-corrected chi connectivity index (χ3v) is 5.99. The third-order valence-electron chi connectivity index (χ3n) is 4.77. The fraction of sp³-hybridized carbons (Fsp3) is 0.450. The van der Waals surface area contributed by atoms with Gasteiger partial charge in [-0.15, -0.1) is 0 Å². The summed E-state index contributed by atoms with van der Waals surface area (Å²) in [5.74, 6) is -0.163. The van der Waals surface area contributed by atoms with Crippen LogP contribution in [-0.2, 0) is 10.2 Å². The highest BCUT2D eigenvalue weighted by Crippen LogP contribution is 2.37. The number of thioether (sulfide) groups is 1. The van der Waals surface area contributed by atoms with Crippen molar-refractivity contribution in [1.29, 1.82) is 5.26 Å². The molecular weight excluding hydrogens is 362 g/mol. The van der Waals surface area contributed by atoms with Crippen LogP contribution in [0.4, 0.5) is 0 Å². The second-order valence-electron chi connectivity index (χ2n) is 7.69. The number of likely N-dealkylation sites (tertiary alicyclic amines) is 1. The van der Waals surface area contributed by atoms with Crippen molar-refractivity contribution in [2.45, 2.75) is 45.4 Å². The normalized spacial score (nSPS) is 20.0. The number of hydrogen-bond donors (Lipinski definition) is 1. The first kappa shape index (κ1) is 18.9. The Morgan fingerprint density at radius 2 is 1.96 bits per heavy atom. The maximum atomic E-state index is 12.5. The van der Waals surface area contributed by atoms with Crippen molar-refractivity contribution in [1.82, 2.24) is 10.2 Å². The summed E-state index contributed by atoms with van der Waals surface area (Å²) in [6.45, 7) is 8.18. The van der Waals surface area contributed by atoms with Crippen molar-refractivity contribution < 1.29 is 4.79 Å². The second kappa shape index (κ2) is 7.42. The van der Waals surface area contributed by atoms with Gasteiger partial charge in [-0.3, -0.25) is 4.79 Å². The molecule has 0 radical (unpaired) electrons. The molecule has 2 heterocycles. The lowest BCUT2D eigenvalue weighted by molar-refractivity contribution is -0.115. The predicted octanol–water partition coefficient (Wildman–Crippen LogP) is 4.16. The molecule has 1 aromatic carbocycles. The molecule has 0 aliphatic carbocycles. The number of carbonyl (C=O) groups is 1. The van der Waals surface area contributed by atoms with Crippen LogP contribution in [0.25, 0.3) is 5.70 Å². The van der Waals surface area contributed by atoms with Crippen LogP contribution in [0.15, 0.2) is 23.1 Å². The lowest BCUT2D eigenvalue weighted by Crippen LogP contribution is -2.30. The largest absolute Gasteiger partial charge is 0.370 e. The van der Waals surface area contributed by atoms with Gasteiger partial charge in [0.2, 0.25) is 0 Å². The summed E-state index contributed by atoms with van der Waals surface area (Å²) in [4.78, 5) is 15.3. The molecule has 6 heteroatoms. The Labute approximate surface area is 164 Å². The average Bonchev–Trinajstić information content (AvgIpc) is 2.93. The average molecular weight is 386 g/mol. The first-order valence-electron chi connectivity index (χ1n) is 8.88. The zero-order valence-electron chi connectivity index (χ0n) is 15.4. The molecule has 0 spiro atoms. The Morgan fingerprint density at radius 1 is 1.27 bits per heavy atom. The van der Waals surface area contributed by atoms with E-state index in [1.165, 1.54) is 18.2 Å². The van der Waals surface area contributed by atoms with E-state index in [1.807, 2.05) is 12.1 Å². The van der Waals surface area contributed by atoms with Gasteiger partial charge in [-0.05, 0) is 36.3 Å². The minimum absolute atomic E-state index is 0.0381. The molecule has 0 saturated carbocycles. The molecule has 3 rings (SSSR count). The molecule has 26 heavy (non-hydrogen) atoms. The Hall–Kier alpha value is -1.84. The van der Waals surface area contributed by atoms with E-state index < -0.39 is 0 Å². The van der Waals surface area contributed by atoms with E-state index in [0.29, 0.717) is 14.8 Å². The molecule has 2 aliphatic rings. The van der Waals surface area contributed by atoms with Gasteiger partial charge in [-0.25, -0.2) is 0 Å². The number of carbonyl (C=O) groups excluding carboxylic acids is 1. The highest BCUT2D eigenvalue weighted by atomic mass is 32.2. The van der Waals surface area contributed by atoms with Crippen LogP contribution in [0.1, 0.15) is 56.7 Å². The molecule has 1 aromatic rings. The second-order valence-corrected chi connectivity index (χ2v) is 9.38. The minimum atomic E-state index is -0.163. The molecule has 0 aromatic heterocycles. The Balaban J connectivity index is 2.17. The molecule has 0 bridgehead atoms. The summed E-state index contributed by atoms with van der Waals surface area (Å²) in [6, 6.07) is 8.35. The highest BCUT2D eigenvalue weighted by molar-refractivity contribution is 8.26. The van der Waals surface area contributed by atoms with E-state index in [2.05, 4.69) is 43.1 Å². The van der Waals surface area contributed by atoms with E-state index in [-0.39, 0.29) is 11.3 Å². The van der Waals surface area contributed by atoms with Gasteiger partial charge < -0.3 is 10.2 Å². The van der Waals surface area contributed by atoms with Crippen LogP contribution in [0.3, 0.4) is 0 Å². The van der Waals surface area contributed by atoms with Crippen molar-refractivity contribution in [2.24, 2.45) is 0 Å². The number of benzene rings is 1. The SMILES string of the molecule is CC(C)(C)c1ccc(/C(=C2\SC(=S)NC2=O)N2CCCCC2)c(C#N)c1. The Morgan fingerprint density at radius 3 is 2.50 bits per heavy atom. The molecule has 1 N–H and O–H groups in total. The van der Waals surface area contributed by atoms with E-state index in [9.17, 15) is 10.1 Å². The molecule has 0 unspecified atom stereocenters. The summed E-state index contributed by atoms with van der Waals surface area (Å²) in [5.41, 5.74) is 3.36. The molecule has 136 valence electrons. The number of thiocarbonyl (C=S) groups is 1. The van der Waals surface area contributed by atoms with E-state index in [4.69, 9.17) is 12.2 Å². The maximum Gasteiger partial charge on any atom is 0.265 e. The fourth-order valence-electron chi connectivity index (χ4n) is 3.33. The third kappa shape index (κ3) is 3.79. The van der Waals surface area contributed by atoms with Crippen molar-refractivity contribution in [2.75, 3.05) is 13.1 Å². The summed E-state index contributed by atoms with van der Waals surface area (Å²) < 4.78 is 0.476. The Bertz CT molecular complexity index is 824. The van der Waals surface area contributed by atoms with Gasteiger partial charge in [0.1, 0.15) is 9.23 Å². The van der Waals surface area contributed by atoms with Crippen molar-refractivity contribution in [3.8, 4) is 6.07 Å². The standard InChI is InChI=1S/C20H23N3OS2/c1-20(2,3)14-7-8-15(13(11-14)12-21)16(23-9-5-4-6-10-23)17-18(24)22-19(25)26-17/h7-8,11H,4-6,9-10H2,1-3H3,(H,22,24,25)/b17-16+. The van der Waals surface area contributed by atoms with Gasteiger partial charge in [-0.2, -0.15) is 5.26 Å². The number of piperidine rings is 1. The summed E-state index contributed by atoms with van der Waals surface area (Å²) in [5, 5.41) is 12.5. The van der Waals surface area contributed by atoms with Crippen molar-refractivity contribution in [3.05, 3.63) is 39.8 Å². The molecule has 0 atom stereocenters. The molecule has 2 saturated heterocycles. The zero-order chi connectivity index (χ0) is 18.9. The van der Waals surface area contributed by atoms with Gasteiger partial charge in [0.15, 0.2) is 0 Å². The molecule has 2 fully saturated rings. The number of hydrogen-bond acceptors (Lipinski definition) is 5. The zero-order valence-corrected chi connectivity index (χ0v) is 17.0. The highest BCUT2D eigenvalue weighted by Gasteiger charge is 2.31. The first-order chi connectivity index (χ1) is 12.3. The number of nitrogens with one attached hydrogen (secondary N) is 1. The monoisotopic (exact) mass is 385 g/mol. The van der Waals surface area contributed by atoms with Gasteiger partial charge in [0, 0.05) is 18.7 Å². The van der Waals surface area contributed by atoms with Crippen LogP contribution in [0.5, 0.6) is 0 Å². The number of nitrogens with zero attached hydrogens (tertiary/aromatic N) is 2. The first-order valence-corrected chi connectivity index (χ1v) is 10.1. The quantitative estimate of drug-likeness (QED) is 0.612. The number of rotatable bonds is 2. The van der Waals surface area contributed by atoms with Crippen LogP contribution in [0.2, 0.25) is 0 Å².